The van der Waals surface area contributed by atoms with E-state index in [-0.39, 0.29) is 30.6 Å². The molecular formula is C16H24Cl2F2N2O. The Bertz CT molecular complexity index is 469. The molecular weight excluding hydrogens is 345 g/mol. The van der Waals surface area contributed by atoms with Gasteiger partial charge < -0.3 is 10.1 Å². The zero-order valence-corrected chi connectivity index (χ0v) is 14.6. The molecule has 0 bridgehead atoms. The molecule has 2 fully saturated rings. The first-order valence-electron chi connectivity index (χ1n) is 7.73. The van der Waals surface area contributed by atoms with E-state index in [4.69, 9.17) is 0 Å². The van der Waals surface area contributed by atoms with Crippen LogP contribution in [-0.4, -0.2) is 37.7 Å². The fourth-order valence-electron chi connectivity index (χ4n) is 3.37. The summed E-state index contributed by atoms with van der Waals surface area (Å²) in [6.45, 7) is 1.26. The van der Waals surface area contributed by atoms with Crippen molar-refractivity contribution >= 4 is 24.8 Å². The molecule has 0 unspecified atom stereocenters. The van der Waals surface area contributed by atoms with E-state index in [1.54, 1.807) is 12.1 Å². The van der Waals surface area contributed by atoms with Gasteiger partial charge in [0.05, 0.1) is 0 Å². The molecule has 1 aromatic carbocycles. The summed E-state index contributed by atoms with van der Waals surface area (Å²) in [7, 11) is 0. The SMILES string of the molecule is Cl.Cl.FC(F)Oc1cccc([C@@H](C2CCC2)N2CCNCC2)c1. The monoisotopic (exact) mass is 368 g/mol. The first kappa shape index (κ1) is 20.4. The van der Waals surface area contributed by atoms with Gasteiger partial charge in [-0.3, -0.25) is 4.90 Å². The molecule has 132 valence electrons. The number of nitrogens with zero attached hydrogens (tertiary/aromatic N) is 1. The lowest BCUT2D eigenvalue weighted by molar-refractivity contribution is -0.0500. The summed E-state index contributed by atoms with van der Waals surface area (Å²) in [6, 6.07) is 7.59. The number of rotatable bonds is 5. The zero-order chi connectivity index (χ0) is 14.7. The van der Waals surface area contributed by atoms with Crippen LogP contribution in [0.15, 0.2) is 24.3 Å². The van der Waals surface area contributed by atoms with Crippen molar-refractivity contribution in [3.63, 3.8) is 0 Å². The highest BCUT2D eigenvalue weighted by Gasteiger charge is 2.33. The van der Waals surface area contributed by atoms with E-state index >= 15 is 0 Å². The van der Waals surface area contributed by atoms with Gasteiger partial charge in [0.15, 0.2) is 0 Å². The van der Waals surface area contributed by atoms with Crippen LogP contribution in [-0.2, 0) is 0 Å². The van der Waals surface area contributed by atoms with Gasteiger partial charge in [0.1, 0.15) is 5.75 Å². The summed E-state index contributed by atoms with van der Waals surface area (Å²) in [6.07, 6.45) is 3.74. The topological polar surface area (TPSA) is 24.5 Å². The van der Waals surface area contributed by atoms with Crippen molar-refractivity contribution in [2.45, 2.75) is 31.9 Å². The van der Waals surface area contributed by atoms with Crippen LogP contribution in [0.2, 0.25) is 0 Å². The smallest absolute Gasteiger partial charge is 0.387 e. The van der Waals surface area contributed by atoms with Gasteiger partial charge in [0, 0.05) is 32.2 Å². The maximum atomic E-state index is 12.4. The molecule has 1 aromatic rings. The number of piperazine rings is 1. The van der Waals surface area contributed by atoms with Crippen molar-refractivity contribution in [1.82, 2.24) is 10.2 Å². The minimum absolute atomic E-state index is 0. The van der Waals surface area contributed by atoms with Crippen molar-refractivity contribution in [2.24, 2.45) is 5.92 Å². The number of benzene rings is 1. The third-order valence-electron chi connectivity index (χ3n) is 4.57. The van der Waals surface area contributed by atoms with Crippen molar-refractivity contribution < 1.29 is 13.5 Å². The van der Waals surface area contributed by atoms with Gasteiger partial charge in [-0.05, 0) is 36.5 Å². The number of hydrogen-bond donors (Lipinski definition) is 1. The Morgan fingerprint density at radius 3 is 2.39 bits per heavy atom. The molecule has 1 aliphatic heterocycles. The van der Waals surface area contributed by atoms with E-state index in [0.717, 1.165) is 31.7 Å². The minimum Gasteiger partial charge on any atom is -0.435 e. The highest BCUT2D eigenvalue weighted by atomic mass is 35.5. The fourth-order valence-corrected chi connectivity index (χ4v) is 3.37. The van der Waals surface area contributed by atoms with E-state index in [9.17, 15) is 8.78 Å². The molecule has 2 aliphatic rings. The van der Waals surface area contributed by atoms with Crippen molar-refractivity contribution in [2.75, 3.05) is 26.2 Å². The number of halogens is 4. The van der Waals surface area contributed by atoms with Crippen LogP contribution in [0.4, 0.5) is 8.78 Å². The lowest BCUT2D eigenvalue weighted by atomic mass is 9.76. The number of hydrogen-bond acceptors (Lipinski definition) is 3. The zero-order valence-electron chi connectivity index (χ0n) is 12.9. The molecule has 3 nitrogen and oxygen atoms in total. The van der Waals surface area contributed by atoms with Gasteiger partial charge in [0.2, 0.25) is 0 Å². The van der Waals surface area contributed by atoms with E-state index in [2.05, 4.69) is 15.0 Å². The molecule has 0 spiro atoms. The standard InChI is InChI=1S/C16H22F2N2O.2ClH/c17-16(18)21-14-6-2-5-13(11-14)15(12-3-1-4-12)20-9-7-19-8-10-20;;/h2,5-6,11-12,15-16,19H,1,3-4,7-10H2;2*1H/t15-;;/m1../s1. The fraction of sp³-hybridized carbons (Fsp3) is 0.625. The molecule has 1 saturated heterocycles. The summed E-state index contributed by atoms with van der Waals surface area (Å²) in [5.41, 5.74) is 1.11. The van der Waals surface area contributed by atoms with E-state index in [0.29, 0.717) is 12.0 Å². The highest BCUT2D eigenvalue weighted by Crippen LogP contribution is 2.42. The minimum atomic E-state index is -2.76. The second-order valence-electron chi connectivity index (χ2n) is 5.87. The van der Waals surface area contributed by atoms with Gasteiger partial charge in [0.25, 0.3) is 0 Å². The van der Waals surface area contributed by atoms with Gasteiger partial charge >= 0.3 is 6.61 Å². The number of alkyl halides is 2. The lowest BCUT2D eigenvalue weighted by Gasteiger charge is -2.43. The van der Waals surface area contributed by atoms with E-state index in [1.807, 2.05) is 12.1 Å². The van der Waals surface area contributed by atoms with Gasteiger partial charge in [-0.1, -0.05) is 18.6 Å². The average Bonchev–Trinajstić information content (AvgIpc) is 2.43. The Labute approximate surface area is 148 Å². The van der Waals surface area contributed by atoms with Crippen LogP contribution in [0.1, 0.15) is 30.9 Å². The van der Waals surface area contributed by atoms with Gasteiger partial charge in [-0.2, -0.15) is 8.78 Å². The Hall–Kier alpha value is -0.620. The summed E-state index contributed by atoms with van der Waals surface area (Å²) in [4.78, 5) is 2.49. The number of nitrogens with one attached hydrogen (secondary N) is 1. The Morgan fingerprint density at radius 2 is 1.83 bits per heavy atom. The second-order valence-corrected chi connectivity index (χ2v) is 5.87. The first-order chi connectivity index (χ1) is 10.2. The normalized spacial score (nSPS) is 20.1. The predicted molar refractivity (Wildman–Crippen MR) is 92.1 cm³/mol. The number of ether oxygens (including phenoxy) is 1. The largest absolute Gasteiger partial charge is 0.435 e. The van der Waals surface area contributed by atoms with Crippen LogP contribution in [0.25, 0.3) is 0 Å². The van der Waals surface area contributed by atoms with Crippen LogP contribution in [0.5, 0.6) is 5.75 Å². The van der Waals surface area contributed by atoms with Gasteiger partial charge in [-0.25, -0.2) is 0 Å². The molecule has 23 heavy (non-hydrogen) atoms. The second kappa shape index (κ2) is 9.62. The Balaban J connectivity index is 0.00000132. The van der Waals surface area contributed by atoms with Crippen LogP contribution in [0.3, 0.4) is 0 Å². The molecule has 1 atom stereocenters. The molecule has 1 N–H and O–H groups in total. The third-order valence-corrected chi connectivity index (χ3v) is 4.57. The summed E-state index contributed by atoms with van der Waals surface area (Å²) >= 11 is 0. The summed E-state index contributed by atoms with van der Waals surface area (Å²) < 4.78 is 29.4. The average molecular weight is 369 g/mol. The maximum absolute atomic E-state index is 12.4. The van der Waals surface area contributed by atoms with Crippen LogP contribution >= 0.6 is 24.8 Å². The summed E-state index contributed by atoms with van der Waals surface area (Å²) in [5, 5.41) is 3.37. The Kier molecular flexibility index (Phi) is 8.54. The van der Waals surface area contributed by atoms with E-state index in [1.165, 1.54) is 19.3 Å². The van der Waals surface area contributed by atoms with Crippen molar-refractivity contribution in [1.29, 1.82) is 0 Å². The molecule has 1 heterocycles. The molecule has 0 amide bonds. The Morgan fingerprint density at radius 1 is 1.13 bits per heavy atom. The first-order valence-corrected chi connectivity index (χ1v) is 7.73. The van der Waals surface area contributed by atoms with Crippen molar-refractivity contribution in [3.05, 3.63) is 29.8 Å². The molecule has 7 heteroatoms. The summed E-state index contributed by atoms with van der Waals surface area (Å²) in [5.74, 6) is 0.909. The van der Waals surface area contributed by atoms with Gasteiger partial charge in [-0.15, -0.1) is 24.8 Å². The molecule has 1 saturated carbocycles. The van der Waals surface area contributed by atoms with Crippen LogP contribution < -0.4 is 10.1 Å². The molecule has 0 radical (unpaired) electrons. The predicted octanol–water partition coefficient (Wildman–Crippen LogP) is 3.88. The highest BCUT2D eigenvalue weighted by molar-refractivity contribution is 5.85. The van der Waals surface area contributed by atoms with Crippen molar-refractivity contribution in [3.8, 4) is 5.75 Å². The lowest BCUT2D eigenvalue weighted by Crippen LogP contribution is -2.47. The van der Waals surface area contributed by atoms with Crippen LogP contribution in [0, 0.1) is 5.92 Å². The molecule has 0 aromatic heterocycles. The van der Waals surface area contributed by atoms with E-state index < -0.39 is 6.61 Å². The third kappa shape index (κ3) is 5.18. The maximum Gasteiger partial charge on any atom is 0.387 e. The quantitative estimate of drug-likeness (QED) is 0.853. The molecule has 3 rings (SSSR count). The molecule has 1 aliphatic carbocycles.